The number of allylic oxidation sites excluding steroid dienone is 2. The van der Waals surface area contributed by atoms with Crippen LogP contribution < -0.4 is 15.0 Å². The lowest BCUT2D eigenvalue weighted by Gasteiger charge is -2.58. The molecule has 1 aromatic carbocycles. The lowest BCUT2D eigenvalue weighted by molar-refractivity contribution is -0.130. The first-order valence-corrected chi connectivity index (χ1v) is 14.3. The molecule has 1 heterocycles. The van der Waals surface area contributed by atoms with E-state index in [2.05, 4.69) is 36.2 Å². The number of fused-ring (bicyclic) bond motifs is 5. The summed E-state index contributed by atoms with van der Waals surface area (Å²) in [6.07, 6.45) is 12.6. The van der Waals surface area contributed by atoms with Crippen molar-refractivity contribution in [2.45, 2.75) is 84.1 Å². The Balaban J connectivity index is 1.28. The maximum atomic E-state index is 14.5. The van der Waals surface area contributed by atoms with Gasteiger partial charge in [0.05, 0.1) is 7.11 Å². The molecule has 1 aliphatic heterocycles. The quantitative estimate of drug-likeness (QED) is 0.572. The fraction of sp³-hybridized carbons (Fsp3) is 0.677. The summed E-state index contributed by atoms with van der Waals surface area (Å²) in [5.41, 5.74) is 2.34. The van der Waals surface area contributed by atoms with Gasteiger partial charge in [0.15, 0.2) is 5.78 Å². The SMILES string of the molecule is COc1ccc(N(C(=O)C2CC[C@H]3[C@@H]4CNC5=CC(=O)CC[C@]5(C)[C@@H]4CC[C@]23C)C2CCCC2)cc1. The van der Waals surface area contributed by atoms with Crippen molar-refractivity contribution < 1.29 is 14.3 Å². The predicted molar refractivity (Wildman–Crippen MR) is 142 cm³/mol. The van der Waals surface area contributed by atoms with Gasteiger partial charge in [-0.05, 0) is 92.4 Å². The van der Waals surface area contributed by atoms with Crippen molar-refractivity contribution in [3.05, 3.63) is 36.0 Å². The molecule has 1 amide bonds. The van der Waals surface area contributed by atoms with Gasteiger partial charge in [-0.3, -0.25) is 9.59 Å². The van der Waals surface area contributed by atoms with E-state index in [0.717, 1.165) is 62.9 Å². The van der Waals surface area contributed by atoms with Crippen LogP contribution in [0.25, 0.3) is 0 Å². The smallest absolute Gasteiger partial charge is 0.230 e. The molecule has 1 saturated heterocycles. The third-order valence-corrected chi connectivity index (χ3v) is 11.2. The van der Waals surface area contributed by atoms with Gasteiger partial charge in [0.25, 0.3) is 0 Å². The molecule has 6 atom stereocenters. The molecular formula is C31H42N2O3. The van der Waals surface area contributed by atoms with E-state index in [9.17, 15) is 9.59 Å². The van der Waals surface area contributed by atoms with E-state index in [1.165, 1.54) is 18.5 Å². The highest BCUT2D eigenvalue weighted by atomic mass is 16.5. The fourth-order valence-electron chi connectivity index (χ4n) is 9.14. The zero-order valence-corrected chi connectivity index (χ0v) is 22.2. The zero-order chi connectivity index (χ0) is 25.1. The summed E-state index contributed by atoms with van der Waals surface area (Å²) in [5.74, 6) is 3.30. The molecule has 1 aromatic rings. The van der Waals surface area contributed by atoms with Crippen molar-refractivity contribution in [3.8, 4) is 5.75 Å². The number of ether oxygens (including phenoxy) is 1. The summed E-state index contributed by atoms with van der Waals surface area (Å²) >= 11 is 0. The Morgan fingerprint density at radius 2 is 1.75 bits per heavy atom. The number of rotatable bonds is 4. The van der Waals surface area contributed by atoms with Crippen molar-refractivity contribution in [3.63, 3.8) is 0 Å². The van der Waals surface area contributed by atoms with Crippen molar-refractivity contribution >= 4 is 17.4 Å². The van der Waals surface area contributed by atoms with Crippen LogP contribution in [0.2, 0.25) is 0 Å². The van der Waals surface area contributed by atoms with Crippen LogP contribution >= 0.6 is 0 Å². The third-order valence-electron chi connectivity index (χ3n) is 11.2. The predicted octanol–water partition coefficient (Wildman–Crippen LogP) is 5.89. The van der Waals surface area contributed by atoms with Crippen LogP contribution in [-0.4, -0.2) is 31.4 Å². The van der Waals surface area contributed by atoms with Crippen LogP contribution in [0, 0.1) is 34.5 Å². The largest absolute Gasteiger partial charge is 0.497 e. The molecule has 194 valence electrons. The molecule has 5 aliphatic rings. The molecule has 0 aromatic heterocycles. The van der Waals surface area contributed by atoms with Gasteiger partial charge < -0.3 is 15.0 Å². The molecule has 5 heteroatoms. The third kappa shape index (κ3) is 3.63. The molecule has 0 bridgehead atoms. The highest BCUT2D eigenvalue weighted by molar-refractivity contribution is 5.96. The second-order valence-electron chi connectivity index (χ2n) is 12.7. The van der Waals surface area contributed by atoms with Gasteiger partial charge in [0, 0.05) is 47.8 Å². The van der Waals surface area contributed by atoms with Gasteiger partial charge in [0.1, 0.15) is 5.75 Å². The number of amides is 1. The summed E-state index contributed by atoms with van der Waals surface area (Å²) in [5, 5.41) is 3.70. The molecule has 6 rings (SSSR count). The Morgan fingerprint density at radius 3 is 2.47 bits per heavy atom. The van der Waals surface area contributed by atoms with E-state index < -0.39 is 0 Å². The number of anilines is 1. The molecular weight excluding hydrogens is 448 g/mol. The summed E-state index contributed by atoms with van der Waals surface area (Å²) < 4.78 is 5.39. The highest BCUT2D eigenvalue weighted by Crippen LogP contribution is 2.64. The van der Waals surface area contributed by atoms with Crippen LogP contribution in [0.1, 0.15) is 78.1 Å². The minimum atomic E-state index is 0.0469. The number of benzene rings is 1. The summed E-state index contributed by atoms with van der Waals surface area (Å²) in [6, 6.07) is 8.44. The number of hydrogen-bond donors (Lipinski definition) is 1. The van der Waals surface area contributed by atoms with Crippen LogP contribution in [0.15, 0.2) is 36.0 Å². The van der Waals surface area contributed by atoms with Gasteiger partial charge in [-0.25, -0.2) is 0 Å². The number of methoxy groups -OCH3 is 1. The molecule has 0 radical (unpaired) electrons. The molecule has 1 N–H and O–H groups in total. The Bertz CT molecular complexity index is 1060. The van der Waals surface area contributed by atoms with Crippen molar-refractivity contribution in [1.82, 2.24) is 5.32 Å². The Kier molecular flexibility index (Phi) is 5.96. The van der Waals surface area contributed by atoms with Crippen LogP contribution in [0.3, 0.4) is 0 Å². The lowest BCUT2D eigenvalue weighted by Crippen LogP contribution is -2.57. The number of nitrogens with zero attached hydrogens (tertiary/aromatic N) is 1. The molecule has 0 spiro atoms. The van der Waals surface area contributed by atoms with Crippen molar-refractivity contribution in [1.29, 1.82) is 0 Å². The van der Waals surface area contributed by atoms with Crippen LogP contribution in [0.5, 0.6) is 5.75 Å². The average Bonchev–Trinajstić information content (AvgIpc) is 3.53. The van der Waals surface area contributed by atoms with Gasteiger partial charge >= 0.3 is 0 Å². The Labute approximate surface area is 216 Å². The topological polar surface area (TPSA) is 58.6 Å². The number of carbonyl (C=O) groups excluding carboxylic acids is 2. The standard InChI is InChI=1S/C31H42N2O3/c1-30-17-15-26-24(19-32-28-18-22(34)14-16-31(26,28)2)25(30)12-13-27(30)29(35)33(20-6-4-5-7-20)21-8-10-23(36-3)11-9-21/h8-11,18,20,24-27,32H,4-7,12-17,19H2,1-3H3/t24-,25-,26+,27?,30-,31+/m0/s1. The monoisotopic (exact) mass is 490 g/mol. The summed E-state index contributed by atoms with van der Waals surface area (Å²) in [6.45, 7) is 5.77. The fourth-order valence-corrected chi connectivity index (χ4v) is 9.14. The highest BCUT2D eigenvalue weighted by Gasteiger charge is 2.61. The van der Waals surface area contributed by atoms with Gasteiger partial charge in [-0.15, -0.1) is 0 Å². The summed E-state index contributed by atoms with van der Waals surface area (Å²) in [7, 11) is 1.69. The maximum absolute atomic E-state index is 14.5. The summed E-state index contributed by atoms with van der Waals surface area (Å²) in [4.78, 5) is 28.8. The zero-order valence-electron chi connectivity index (χ0n) is 22.2. The maximum Gasteiger partial charge on any atom is 0.230 e. The molecule has 3 saturated carbocycles. The number of piperidine rings is 1. The first-order chi connectivity index (χ1) is 17.3. The van der Waals surface area contributed by atoms with Gasteiger partial charge in [-0.1, -0.05) is 26.7 Å². The minimum absolute atomic E-state index is 0.0469. The van der Waals surface area contributed by atoms with E-state index in [0.29, 0.717) is 36.1 Å². The number of ketones is 1. The first kappa shape index (κ1) is 24.1. The van der Waals surface area contributed by atoms with E-state index in [4.69, 9.17) is 4.74 Å². The molecule has 4 aliphatic carbocycles. The normalized spacial score (nSPS) is 37.9. The van der Waals surface area contributed by atoms with E-state index in [-0.39, 0.29) is 22.5 Å². The van der Waals surface area contributed by atoms with Gasteiger partial charge in [-0.2, -0.15) is 0 Å². The minimum Gasteiger partial charge on any atom is -0.497 e. The van der Waals surface area contributed by atoms with Crippen molar-refractivity contribution in [2.24, 2.45) is 34.5 Å². The Morgan fingerprint density at radius 1 is 1.00 bits per heavy atom. The Hall–Kier alpha value is -2.30. The van der Waals surface area contributed by atoms with Crippen LogP contribution in [0.4, 0.5) is 5.69 Å². The van der Waals surface area contributed by atoms with Crippen molar-refractivity contribution in [2.75, 3.05) is 18.6 Å². The average molecular weight is 491 g/mol. The number of carbonyl (C=O) groups is 2. The van der Waals surface area contributed by atoms with E-state index >= 15 is 0 Å². The lowest BCUT2D eigenvalue weighted by atomic mass is 9.50. The second kappa shape index (κ2) is 8.92. The van der Waals surface area contributed by atoms with Crippen LogP contribution in [-0.2, 0) is 9.59 Å². The second-order valence-corrected chi connectivity index (χ2v) is 12.7. The van der Waals surface area contributed by atoms with E-state index in [1.807, 2.05) is 18.2 Å². The first-order valence-electron chi connectivity index (χ1n) is 14.3. The molecule has 1 unspecified atom stereocenters. The molecule has 4 fully saturated rings. The number of nitrogens with one attached hydrogen (secondary N) is 1. The van der Waals surface area contributed by atoms with E-state index in [1.54, 1.807) is 7.11 Å². The molecule has 36 heavy (non-hydrogen) atoms. The molecule has 5 nitrogen and oxygen atoms in total. The number of hydrogen-bond acceptors (Lipinski definition) is 4. The van der Waals surface area contributed by atoms with Gasteiger partial charge in [0.2, 0.25) is 5.91 Å².